The zero-order valence-electron chi connectivity index (χ0n) is 7.81. The van der Waals surface area contributed by atoms with Crippen LogP contribution in [0.1, 0.15) is 5.69 Å². The lowest BCUT2D eigenvalue weighted by Crippen LogP contribution is -1.96. The van der Waals surface area contributed by atoms with Gasteiger partial charge in [-0.2, -0.15) is 0 Å². The van der Waals surface area contributed by atoms with Gasteiger partial charge in [-0.3, -0.25) is 0 Å². The molecule has 4 heteroatoms. The molecule has 0 bridgehead atoms. The number of aromatic nitrogens is 3. The molecule has 0 aliphatic heterocycles. The largest absolute Gasteiger partial charge is 0.325 e. The molecular weight excluding hydrogens is 176 g/mol. The summed E-state index contributed by atoms with van der Waals surface area (Å²) in [6.07, 6.45) is 3.26. The highest BCUT2D eigenvalue weighted by Gasteiger charge is 1.95. The monoisotopic (exact) mass is 186 g/mol. The number of anilines is 2. The number of aryl methyl sites for hydroxylation is 1. The summed E-state index contributed by atoms with van der Waals surface area (Å²) in [5, 5.41) is 3.08. The van der Waals surface area contributed by atoms with Gasteiger partial charge in [0.2, 0.25) is 0 Å². The summed E-state index contributed by atoms with van der Waals surface area (Å²) in [5.41, 5.74) is 0.929. The third-order valence-electron chi connectivity index (χ3n) is 1.72. The highest BCUT2D eigenvalue weighted by Crippen LogP contribution is 2.10. The molecule has 14 heavy (non-hydrogen) atoms. The lowest BCUT2D eigenvalue weighted by Gasteiger charge is -2.03. The summed E-state index contributed by atoms with van der Waals surface area (Å²) in [5.74, 6) is 1.54. The first-order valence-electron chi connectivity index (χ1n) is 4.31. The number of rotatable bonds is 2. The van der Waals surface area contributed by atoms with Gasteiger partial charge < -0.3 is 5.32 Å². The molecule has 0 spiro atoms. The summed E-state index contributed by atoms with van der Waals surface area (Å²) < 4.78 is 0. The van der Waals surface area contributed by atoms with Crippen LogP contribution in [-0.4, -0.2) is 15.0 Å². The van der Waals surface area contributed by atoms with E-state index < -0.39 is 0 Å². The average molecular weight is 186 g/mol. The summed E-state index contributed by atoms with van der Waals surface area (Å²) in [6.45, 7) is 1.92. The molecule has 1 N–H and O–H groups in total. The average Bonchev–Trinajstić information content (AvgIpc) is 2.19. The fourth-order valence-corrected chi connectivity index (χ4v) is 1.09. The molecule has 2 aromatic rings. The topological polar surface area (TPSA) is 50.7 Å². The zero-order chi connectivity index (χ0) is 9.80. The molecular formula is C10H10N4. The fraction of sp³-hybridized carbons (Fsp3) is 0.100. The summed E-state index contributed by atoms with van der Waals surface area (Å²) in [6, 6.07) is 7.55. The quantitative estimate of drug-likeness (QED) is 0.778. The highest BCUT2D eigenvalue weighted by molar-refractivity contribution is 5.50. The second-order valence-corrected chi connectivity index (χ2v) is 2.88. The van der Waals surface area contributed by atoms with E-state index in [1.54, 1.807) is 6.20 Å². The molecule has 0 fully saturated rings. The number of hydrogen-bond acceptors (Lipinski definition) is 4. The van der Waals surface area contributed by atoms with Gasteiger partial charge in [0.25, 0.3) is 0 Å². The van der Waals surface area contributed by atoms with Gasteiger partial charge in [0, 0.05) is 18.0 Å². The van der Waals surface area contributed by atoms with Crippen molar-refractivity contribution in [2.75, 3.05) is 5.32 Å². The maximum Gasteiger partial charge on any atom is 0.135 e. The van der Waals surface area contributed by atoms with Crippen molar-refractivity contribution in [3.8, 4) is 0 Å². The van der Waals surface area contributed by atoms with Crippen molar-refractivity contribution < 1.29 is 0 Å². The van der Waals surface area contributed by atoms with E-state index in [1.807, 2.05) is 31.2 Å². The molecule has 0 aliphatic rings. The van der Waals surface area contributed by atoms with Gasteiger partial charge in [-0.05, 0) is 19.1 Å². The Morgan fingerprint density at radius 3 is 2.71 bits per heavy atom. The minimum Gasteiger partial charge on any atom is -0.325 e. The Labute approximate surface area is 82.1 Å². The maximum absolute atomic E-state index is 4.13. The van der Waals surface area contributed by atoms with E-state index in [0.717, 1.165) is 17.3 Å². The van der Waals surface area contributed by atoms with Crippen LogP contribution in [0.5, 0.6) is 0 Å². The molecule has 4 nitrogen and oxygen atoms in total. The van der Waals surface area contributed by atoms with Gasteiger partial charge in [-0.15, -0.1) is 0 Å². The first-order chi connectivity index (χ1) is 6.84. The Hall–Kier alpha value is -1.97. The van der Waals surface area contributed by atoms with Crippen LogP contribution in [0.3, 0.4) is 0 Å². The predicted octanol–water partition coefficient (Wildman–Crippen LogP) is 1.92. The SMILES string of the molecule is Cc1cc(Nc2ccccn2)ncn1. The zero-order valence-corrected chi connectivity index (χ0v) is 7.81. The van der Waals surface area contributed by atoms with Crippen LogP contribution < -0.4 is 5.32 Å². The van der Waals surface area contributed by atoms with Crippen molar-refractivity contribution in [1.29, 1.82) is 0 Å². The summed E-state index contributed by atoms with van der Waals surface area (Å²) in [4.78, 5) is 12.2. The van der Waals surface area contributed by atoms with Crippen LogP contribution in [0, 0.1) is 6.92 Å². The molecule has 2 aromatic heterocycles. The second-order valence-electron chi connectivity index (χ2n) is 2.88. The van der Waals surface area contributed by atoms with E-state index in [0.29, 0.717) is 0 Å². The molecule has 70 valence electrons. The number of pyridine rings is 1. The highest BCUT2D eigenvalue weighted by atomic mass is 15.1. The molecule has 0 saturated heterocycles. The van der Waals surface area contributed by atoms with Crippen molar-refractivity contribution in [2.24, 2.45) is 0 Å². The molecule has 0 aromatic carbocycles. The van der Waals surface area contributed by atoms with Crippen molar-refractivity contribution in [2.45, 2.75) is 6.92 Å². The number of nitrogens with zero attached hydrogens (tertiary/aromatic N) is 3. The minimum atomic E-state index is 0.760. The third-order valence-corrected chi connectivity index (χ3v) is 1.72. The van der Waals surface area contributed by atoms with Crippen LogP contribution >= 0.6 is 0 Å². The van der Waals surface area contributed by atoms with Crippen LogP contribution in [0.4, 0.5) is 11.6 Å². The van der Waals surface area contributed by atoms with Crippen LogP contribution in [-0.2, 0) is 0 Å². The van der Waals surface area contributed by atoms with Gasteiger partial charge in [-0.1, -0.05) is 6.07 Å². The fourth-order valence-electron chi connectivity index (χ4n) is 1.09. The second kappa shape index (κ2) is 3.83. The van der Waals surface area contributed by atoms with Gasteiger partial charge in [0.05, 0.1) is 0 Å². The summed E-state index contributed by atoms with van der Waals surface area (Å²) >= 11 is 0. The van der Waals surface area contributed by atoms with Crippen molar-refractivity contribution in [3.63, 3.8) is 0 Å². The van der Waals surface area contributed by atoms with Gasteiger partial charge in [-0.25, -0.2) is 15.0 Å². The smallest absolute Gasteiger partial charge is 0.135 e. The van der Waals surface area contributed by atoms with Gasteiger partial charge in [0.15, 0.2) is 0 Å². The first-order valence-corrected chi connectivity index (χ1v) is 4.31. The van der Waals surface area contributed by atoms with Crippen molar-refractivity contribution >= 4 is 11.6 Å². The maximum atomic E-state index is 4.13. The standard InChI is InChI=1S/C10H10N4/c1-8-6-10(13-7-12-8)14-9-4-2-3-5-11-9/h2-7H,1H3,(H,11,12,13,14). The van der Waals surface area contributed by atoms with Gasteiger partial charge in [0.1, 0.15) is 18.0 Å². The van der Waals surface area contributed by atoms with E-state index in [9.17, 15) is 0 Å². The Morgan fingerprint density at radius 2 is 2.00 bits per heavy atom. The van der Waals surface area contributed by atoms with E-state index in [-0.39, 0.29) is 0 Å². The minimum absolute atomic E-state index is 0.760. The van der Waals surface area contributed by atoms with E-state index in [1.165, 1.54) is 6.33 Å². The lowest BCUT2D eigenvalue weighted by molar-refractivity contribution is 1.10. The molecule has 0 aliphatic carbocycles. The van der Waals surface area contributed by atoms with Crippen molar-refractivity contribution in [3.05, 3.63) is 42.5 Å². The van der Waals surface area contributed by atoms with Gasteiger partial charge >= 0.3 is 0 Å². The van der Waals surface area contributed by atoms with Crippen molar-refractivity contribution in [1.82, 2.24) is 15.0 Å². The third kappa shape index (κ3) is 2.04. The van der Waals surface area contributed by atoms with E-state index >= 15 is 0 Å². The van der Waals surface area contributed by atoms with Crippen LogP contribution in [0.2, 0.25) is 0 Å². The Kier molecular flexibility index (Phi) is 2.36. The Balaban J connectivity index is 2.19. The number of nitrogens with one attached hydrogen (secondary N) is 1. The molecule has 0 radical (unpaired) electrons. The number of hydrogen-bond donors (Lipinski definition) is 1. The van der Waals surface area contributed by atoms with E-state index in [2.05, 4.69) is 20.3 Å². The molecule has 0 unspecified atom stereocenters. The molecule has 2 heterocycles. The summed E-state index contributed by atoms with van der Waals surface area (Å²) in [7, 11) is 0. The molecule has 2 rings (SSSR count). The van der Waals surface area contributed by atoms with Crippen LogP contribution in [0.15, 0.2) is 36.8 Å². The normalized spacial score (nSPS) is 9.79. The molecule has 0 amide bonds. The van der Waals surface area contributed by atoms with Crippen LogP contribution in [0.25, 0.3) is 0 Å². The first kappa shape index (κ1) is 8.62. The van der Waals surface area contributed by atoms with E-state index in [4.69, 9.17) is 0 Å². The lowest BCUT2D eigenvalue weighted by atomic mass is 10.4. The Bertz CT molecular complexity index is 413. The molecule has 0 atom stereocenters. The predicted molar refractivity (Wildman–Crippen MR) is 54.3 cm³/mol. The molecule has 0 saturated carbocycles. The Morgan fingerprint density at radius 1 is 1.07 bits per heavy atom.